The standard InChI is InChI=1S/C22H22N4O2S2/c1-11-6-7-14-17(8-11)30-21-19(14)22(28)26(12(2)24-21)10-18(27)25-20-15(9-23)13-4-3-5-16(13)29-20/h11H,3-8,10H2,1-2H3,(H,25,27). The number of anilines is 1. The van der Waals surface area contributed by atoms with Gasteiger partial charge in [0, 0.05) is 9.75 Å². The van der Waals surface area contributed by atoms with E-state index in [1.54, 1.807) is 18.3 Å². The Hall–Kier alpha value is -2.50. The number of carbonyl (C=O) groups is 1. The summed E-state index contributed by atoms with van der Waals surface area (Å²) >= 11 is 3.11. The number of amides is 1. The van der Waals surface area contributed by atoms with Crippen LogP contribution in [-0.4, -0.2) is 15.5 Å². The molecule has 0 spiro atoms. The lowest BCUT2D eigenvalue weighted by Crippen LogP contribution is -2.30. The van der Waals surface area contributed by atoms with E-state index in [9.17, 15) is 14.9 Å². The average Bonchev–Trinajstić information content (AvgIpc) is 3.36. The number of hydrogen-bond acceptors (Lipinski definition) is 6. The van der Waals surface area contributed by atoms with Crippen LogP contribution in [0.25, 0.3) is 10.2 Å². The number of aryl methyl sites for hydroxylation is 3. The Morgan fingerprint density at radius 3 is 2.90 bits per heavy atom. The van der Waals surface area contributed by atoms with Crippen molar-refractivity contribution in [3.8, 4) is 6.07 Å². The van der Waals surface area contributed by atoms with E-state index in [1.165, 1.54) is 25.7 Å². The van der Waals surface area contributed by atoms with Crippen LogP contribution in [-0.2, 0) is 37.0 Å². The molecule has 0 radical (unpaired) electrons. The molecule has 1 amide bonds. The van der Waals surface area contributed by atoms with Gasteiger partial charge in [0.1, 0.15) is 28.3 Å². The van der Waals surface area contributed by atoms with Crippen molar-refractivity contribution in [3.63, 3.8) is 0 Å². The number of hydrogen-bond donors (Lipinski definition) is 1. The molecule has 0 bridgehead atoms. The van der Waals surface area contributed by atoms with Crippen molar-refractivity contribution < 1.29 is 4.79 Å². The van der Waals surface area contributed by atoms with Crippen LogP contribution in [0.1, 0.15) is 52.0 Å². The van der Waals surface area contributed by atoms with E-state index >= 15 is 0 Å². The Kier molecular flexibility index (Phi) is 4.75. The van der Waals surface area contributed by atoms with Gasteiger partial charge < -0.3 is 5.32 Å². The second-order valence-corrected chi connectivity index (χ2v) is 10.5. The molecule has 5 rings (SSSR count). The van der Waals surface area contributed by atoms with Crippen LogP contribution < -0.4 is 10.9 Å². The number of thiophene rings is 2. The zero-order valence-electron chi connectivity index (χ0n) is 17.0. The maximum atomic E-state index is 13.3. The molecule has 2 aliphatic rings. The molecule has 154 valence electrons. The van der Waals surface area contributed by atoms with Gasteiger partial charge >= 0.3 is 0 Å². The lowest BCUT2D eigenvalue weighted by Gasteiger charge is -2.17. The molecule has 0 aliphatic heterocycles. The van der Waals surface area contributed by atoms with Crippen molar-refractivity contribution in [1.29, 1.82) is 5.26 Å². The molecule has 3 aromatic rings. The highest BCUT2D eigenvalue weighted by Crippen LogP contribution is 2.39. The Bertz CT molecular complexity index is 1290. The van der Waals surface area contributed by atoms with E-state index in [4.69, 9.17) is 0 Å². The van der Waals surface area contributed by atoms with E-state index in [2.05, 4.69) is 23.3 Å². The first-order valence-electron chi connectivity index (χ1n) is 10.3. The quantitative estimate of drug-likeness (QED) is 0.671. The predicted octanol–water partition coefficient (Wildman–Crippen LogP) is 3.95. The summed E-state index contributed by atoms with van der Waals surface area (Å²) in [6, 6.07) is 2.24. The van der Waals surface area contributed by atoms with E-state index in [0.717, 1.165) is 54.5 Å². The molecule has 0 aromatic carbocycles. The molecule has 6 nitrogen and oxygen atoms in total. The smallest absolute Gasteiger partial charge is 0.263 e. The summed E-state index contributed by atoms with van der Waals surface area (Å²) < 4.78 is 1.47. The second kappa shape index (κ2) is 7.33. The molecule has 3 heterocycles. The van der Waals surface area contributed by atoms with Crippen molar-refractivity contribution in [2.45, 2.75) is 58.9 Å². The maximum Gasteiger partial charge on any atom is 0.263 e. The van der Waals surface area contributed by atoms with Crippen molar-refractivity contribution in [1.82, 2.24) is 9.55 Å². The summed E-state index contributed by atoms with van der Waals surface area (Å²) in [5.74, 6) is 0.875. The Labute approximate surface area is 182 Å². The molecule has 1 unspecified atom stereocenters. The molecule has 1 atom stereocenters. The van der Waals surface area contributed by atoms with Gasteiger partial charge in [-0.2, -0.15) is 5.26 Å². The van der Waals surface area contributed by atoms with Gasteiger partial charge in [0.15, 0.2) is 0 Å². The van der Waals surface area contributed by atoms with E-state index in [1.807, 2.05) is 0 Å². The van der Waals surface area contributed by atoms with Gasteiger partial charge in [-0.05, 0) is 62.5 Å². The highest BCUT2D eigenvalue weighted by molar-refractivity contribution is 7.18. The normalized spacial score (nSPS) is 17.6. The van der Waals surface area contributed by atoms with Crippen molar-refractivity contribution in [2.24, 2.45) is 5.92 Å². The SMILES string of the molecule is Cc1nc2sc3c(c2c(=O)n1CC(=O)Nc1sc2c(c1C#N)CCC2)CCC(C)C3. The summed E-state index contributed by atoms with van der Waals surface area (Å²) in [5.41, 5.74) is 2.66. The molecule has 3 aromatic heterocycles. The minimum atomic E-state index is -0.296. The highest BCUT2D eigenvalue weighted by atomic mass is 32.1. The number of nitriles is 1. The number of nitrogens with zero attached hydrogens (tertiary/aromatic N) is 3. The molecule has 1 N–H and O–H groups in total. The fourth-order valence-corrected chi connectivity index (χ4v) is 7.31. The lowest BCUT2D eigenvalue weighted by atomic mass is 9.89. The third kappa shape index (κ3) is 3.08. The highest BCUT2D eigenvalue weighted by Gasteiger charge is 2.26. The zero-order valence-corrected chi connectivity index (χ0v) is 18.6. The van der Waals surface area contributed by atoms with Gasteiger partial charge in [0.2, 0.25) is 5.91 Å². The van der Waals surface area contributed by atoms with Crippen LogP contribution in [0.4, 0.5) is 5.00 Å². The Morgan fingerprint density at radius 1 is 1.27 bits per heavy atom. The molecule has 30 heavy (non-hydrogen) atoms. The van der Waals surface area contributed by atoms with Gasteiger partial charge in [-0.25, -0.2) is 4.98 Å². The van der Waals surface area contributed by atoms with Crippen LogP contribution in [0.2, 0.25) is 0 Å². The molecular formula is C22H22N4O2S2. The molecule has 0 saturated heterocycles. The van der Waals surface area contributed by atoms with Gasteiger partial charge in [-0.15, -0.1) is 22.7 Å². The second-order valence-electron chi connectivity index (χ2n) is 8.30. The van der Waals surface area contributed by atoms with E-state index in [0.29, 0.717) is 27.7 Å². The number of carbonyl (C=O) groups excluding carboxylic acids is 1. The number of fused-ring (bicyclic) bond motifs is 4. The minimum absolute atomic E-state index is 0.0952. The summed E-state index contributed by atoms with van der Waals surface area (Å²) in [5, 5.41) is 13.7. The van der Waals surface area contributed by atoms with Crippen molar-refractivity contribution in [3.05, 3.63) is 42.6 Å². The van der Waals surface area contributed by atoms with Crippen LogP contribution in [0.5, 0.6) is 0 Å². The summed E-state index contributed by atoms with van der Waals surface area (Å²) in [4.78, 5) is 34.0. The number of rotatable bonds is 3. The molecule has 0 fully saturated rings. The van der Waals surface area contributed by atoms with Crippen molar-refractivity contribution in [2.75, 3.05) is 5.32 Å². The van der Waals surface area contributed by atoms with Gasteiger partial charge in [-0.3, -0.25) is 14.2 Å². The molecular weight excluding hydrogens is 416 g/mol. The number of aromatic nitrogens is 2. The monoisotopic (exact) mass is 438 g/mol. The number of nitrogens with one attached hydrogen (secondary N) is 1. The predicted molar refractivity (Wildman–Crippen MR) is 119 cm³/mol. The Morgan fingerprint density at radius 2 is 2.10 bits per heavy atom. The summed E-state index contributed by atoms with van der Waals surface area (Å²) in [6.45, 7) is 3.92. The molecule has 0 saturated carbocycles. The first kappa shape index (κ1) is 19.5. The van der Waals surface area contributed by atoms with E-state index < -0.39 is 0 Å². The van der Waals surface area contributed by atoms with Crippen LogP contribution in [0.15, 0.2) is 4.79 Å². The molecule has 2 aliphatic carbocycles. The first-order chi connectivity index (χ1) is 14.5. The van der Waals surface area contributed by atoms with Crippen LogP contribution in [0.3, 0.4) is 0 Å². The van der Waals surface area contributed by atoms with Gasteiger partial charge in [0.05, 0.1) is 10.9 Å². The summed E-state index contributed by atoms with van der Waals surface area (Å²) in [7, 11) is 0. The first-order valence-corrected chi connectivity index (χ1v) is 12.0. The van der Waals surface area contributed by atoms with Crippen LogP contribution >= 0.6 is 22.7 Å². The maximum absolute atomic E-state index is 13.3. The fourth-order valence-electron chi connectivity index (χ4n) is 4.63. The lowest BCUT2D eigenvalue weighted by molar-refractivity contribution is -0.116. The topological polar surface area (TPSA) is 87.8 Å². The largest absolute Gasteiger partial charge is 0.315 e. The van der Waals surface area contributed by atoms with E-state index in [-0.39, 0.29) is 18.0 Å². The van der Waals surface area contributed by atoms with Crippen molar-refractivity contribution >= 4 is 43.8 Å². The third-order valence-electron chi connectivity index (χ3n) is 6.19. The minimum Gasteiger partial charge on any atom is -0.315 e. The summed E-state index contributed by atoms with van der Waals surface area (Å²) in [6.07, 6.45) is 5.89. The molecule has 8 heteroatoms. The van der Waals surface area contributed by atoms with Gasteiger partial charge in [-0.1, -0.05) is 6.92 Å². The average molecular weight is 439 g/mol. The van der Waals surface area contributed by atoms with Crippen LogP contribution in [0, 0.1) is 24.2 Å². The van der Waals surface area contributed by atoms with Gasteiger partial charge in [0.25, 0.3) is 5.56 Å². The Balaban J connectivity index is 1.46. The third-order valence-corrected chi connectivity index (χ3v) is 8.55. The zero-order chi connectivity index (χ0) is 21.0. The fraction of sp³-hybridized carbons (Fsp3) is 0.455.